The molecule has 0 aromatic heterocycles. The normalized spacial score (nSPS) is 12.0. The van der Waals surface area contributed by atoms with Crippen molar-refractivity contribution < 1.29 is 9.59 Å². The van der Waals surface area contributed by atoms with Crippen molar-refractivity contribution in [2.45, 2.75) is 85.8 Å². The molecular weight excluding hydrogens is 736 g/mol. The van der Waals surface area contributed by atoms with Crippen LogP contribution >= 0.6 is 35.1 Å². The Morgan fingerprint density at radius 1 is 0.527 bits per heavy atom. The molecule has 7 heteroatoms. The Morgan fingerprint density at radius 2 is 1.00 bits per heavy atom. The average Bonchev–Trinajstić information content (AvgIpc) is 3.19. The van der Waals surface area contributed by atoms with E-state index in [0.29, 0.717) is 43.5 Å². The number of fused-ring (bicyclic) bond motifs is 2. The third-order valence-corrected chi connectivity index (χ3v) is 12.5. The molecule has 0 heterocycles. The minimum atomic E-state index is -0.236. The lowest BCUT2D eigenvalue weighted by molar-refractivity contribution is 0.0976. The molecule has 6 aromatic carbocycles. The van der Waals surface area contributed by atoms with Crippen molar-refractivity contribution in [2.75, 3.05) is 10.6 Å². The highest BCUT2D eigenvalue weighted by Crippen LogP contribution is 2.48. The third-order valence-electron chi connectivity index (χ3n) is 9.90. The molecule has 0 radical (unpaired) electrons. The molecule has 7 rings (SSSR count). The number of ketones is 2. The summed E-state index contributed by atoms with van der Waals surface area (Å²) in [6.45, 7) is 8.46. The Bertz CT molecular complexity index is 2340. The van der Waals surface area contributed by atoms with E-state index in [1.54, 1.807) is 6.07 Å². The van der Waals surface area contributed by atoms with Gasteiger partial charge >= 0.3 is 0 Å². The highest BCUT2D eigenvalue weighted by atomic mass is 35.5. The van der Waals surface area contributed by atoms with Gasteiger partial charge in [0.1, 0.15) is 0 Å². The van der Waals surface area contributed by atoms with Crippen molar-refractivity contribution in [1.29, 1.82) is 0 Å². The van der Waals surface area contributed by atoms with Crippen LogP contribution in [0.2, 0.25) is 5.02 Å². The Kier molecular flexibility index (Phi) is 12.2. The van der Waals surface area contributed by atoms with Crippen LogP contribution in [0.3, 0.4) is 0 Å². The number of benzene rings is 6. The van der Waals surface area contributed by atoms with E-state index in [9.17, 15) is 0 Å². The van der Waals surface area contributed by atoms with Gasteiger partial charge in [-0.05, 0) is 117 Å². The van der Waals surface area contributed by atoms with E-state index in [2.05, 4.69) is 73.0 Å². The number of carbonyl (C=O) groups excluding carboxylic acids is 2. The van der Waals surface area contributed by atoms with E-state index in [0.717, 1.165) is 75.7 Å². The monoisotopic (exact) mass is 780 g/mol. The number of halogens is 1. The second-order valence-corrected chi connectivity index (χ2v) is 16.8. The van der Waals surface area contributed by atoms with Gasteiger partial charge in [-0.1, -0.05) is 121 Å². The first kappa shape index (κ1) is 38.5. The molecule has 55 heavy (non-hydrogen) atoms. The molecule has 0 unspecified atom stereocenters. The molecule has 0 atom stereocenters. The van der Waals surface area contributed by atoms with Gasteiger partial charge in [-0.2, -0.15) is 0 Å². The van der Waals surface area contributed by atoms with Crippen LogP contribution in [0.25, 0.3) is 0 Å². The van der Waals surface area contributed by atoms with Crippen molar-refractivity contribution in [3.05, 3.63) is 165 Å². The van der Waals surface area contributed by atoms with Gasteiger partial charge in [-0.25, -0.2) is 0 Å². The van der Waals surface area contributed by atoms with Crippen LogP contribution < -0.4 is 10.6 Å². The number of hydrogen-bond acceptors (Lipinski definition) is 6. The Balaban J connectivity index is 1.38. The third kappa shape index (κ3) is 8.73. The highest BCUT2D eigenvalue weighted by Gasteiger charge is 2.39. The standard InChI is InChI=1S/C48H45ClN2O2S2/c1-5-7-9-32-15-23-36(24-16-32)54-41-28-27-39(50-34-19-11-30(3)12-20-34)42-44(41)47(53)45-43(46(42)52)40(51-35-21-13-31(4)14-22-35)29-38(49)48(45)55-37-25-17-33(18-26-37)10-8-6-2/h11-29,50-51H,5-10H2,1-4H3. The van der Waals surface area contributed by atoms with E-state index in [-0.39, 0.29) is 11.6 Å². The first-order chi connectivity index (χ1) is 26.7. The molecule has 2 N–H and O–H groups in total. The fourth-order valence-electron chi connectivity index (χ4n) is 6.81. The lowest BCUT2D eigenvalue weighted by Crippen LogP contribution is -2.25. The quantitative estimate of drug-likeness (QED) is 0.115. The summed E-state index contributed by atoms with van der Waals surface area (Å²) in [6.07, 6.45) is 6.58. The Labute approximate surface area is 338 Å². The predicted octanol–water partition coefficient (Wildman–Crippen LogP) is 14.2. The molecule has 6 aromatic rings. The van der Waals surface area contributed by atoms with E-state index < -0.39 is 0 Å². The minimum absolute atomic E-state index is 0.226. The molecule has 278 valence electrons. The zero-order valence-corrected chi connectivity index (χ0v) is 34.1. The maximum Gasteiger partial charge on any atom is 0.198 e. The van der Waals surface area contributed by atoms with Gasteiger partial charge < -0.3 is 10.6 Å². The fraction of sp³-hybridized carbons (Fsp3) is 0.208. The topological polar surface area (TPSA) is 58.2 Å². The van der Waals surface area contributed by atoms with Crippen LogP contribution in [0.1, 0.15) is 93.6 Å². The van der Waals surface area contributed by atoms with E-state index >= 15 is 9.59 Å². The summed E-state index contributed by atoms with van der Waals surface area (Å²) in [6, 6.07) is 38.6. The number of anilines is 4. The number of hydrogen-bond donors (Lipinski definition) is 2. The van der Waals surface area contributed by atoms with Gasteiger partial charge in [0.25, 0.3) is 0 Å². The number of aryl methyl sites for hydroxylation is 4. The van der Waals surface area contributed by atoms with Crippen molar-refractivity contribution in [1.82, 2.24) is 0 Å². The summed E-state index contributed by atoms with van der Waals surface area (Å²) in [7, 11) is 0. The van der Waals surface area contributed by atoms with Crippen molar-refractivity contribution in [2.24, 2.45) is 0 Å². The molecule has 4 nitrogen and oxygen atoms in total. The molecule has 0 saturated carbocycles. The highest BCUT2D eigenvalue weighted by molar-refractivity contribution is 7.99. The van der Waals surface area contributed by atoms with Crippen LogP contribution in [0.15, 0.2) is 135 Å². The predicted molar refractivity (Wildman–Crippen MR) is 232 cm³/mol. The summed E-state index contributed by atoms with van der Waals surface area (Å²) < 4.78 is 0. The van der Waals surface area contributed by atoms with Gasteiger partial charge in [0.05, 0.1) is 33.1 Å². The number of rotatable bonds is 14. The van der Waals surface area contributed by atoms with E-state index in [1.165, 1.54) is 34.7 Å². The SMILES string of the molecule is CCCCc1ccc(Sc2ccc(Nc3ccc(C)cc3)c3c2C(=O)c2c(Sc4ccc(CCCC)cc4)c(Cl)cc(Nc4ccc(C)cc4)c2C3=O)cc1. The molecule has 0 aliphatic heterocycles. The molecular formula is C48H45ClN2O2S2. The molecule has 0 spiro atoms. The first-order valence-electron chi connectivity index (χ1n) is 19.1. The van der Waals surface area contributed by atoms with Crippen LogP contribution in [0, 0.1) is 13.8 Å². The van der Waals surface area contributed by atoms with Crippen molar-refractivity contribution in [3.8, 4) is 0 Å². The van der Waals surface area contributed by atoms with Crippen molar-refractivity contribution in [3.63, 3.8) is 0 Å². The van der Waals surface area contributed by atoms with Crippen LogP contribution in [-0.2, 0) is 12.8 Å². The van der Waals surface area contributed by atoms with Gasteiger partial charge in [0.2, 0.25) is 0 Å². The van der Waals surface area contributed by atoms with Crippen molar-refractivity contribution >= 4 is 69.4 Å². The molecule has 1 aliphatic rings. The second kappa shape index (κ2) is 17.4. The van der Waals surface area contributed by atoms with E-state index in [1.807, 2.05) is 74.5 Å². The zero-order valence-electron chi connectivity index (χ0n) is 31.7. The summed E-state index contributed by atoms with van der Waals surface area (Å²) in [4.78, 5) is 33.9. The number of nitrogens with one attached hydrogen (secondary N) is 2. The largest absolute Gasteiger partial charge is 0.355 e. The maximum absolute atomic E-state index is 15.4. The smallest absolute Gasteiger partial charge is 0.198 e. The number of carbonyl (C=O) groups is 2. The first-order valence-corrected chi connectivity index (χ1v) is 21.1. The maximum atomic E-state index is 15.4. The summed E-state index contributed by atoms with van der Waals surface area (Å²) >= 11 is 10.1. The summed E-state index contributed by atoms with van der Waals surface area (Å²) in [5.74, 6) is -0.463. The minimum Gasteiger partial charge on any atom is -0.355 e. The second-order valence-electron chi connectivity index (χ2n) is 14.2. The zero-order chi connectivity index (χ0) is 38.5. The fourth-order valence-corrected chi connectivity index (χ4v) is 9.05. The van der Waals surface area contributed by atoms with Gasteiger partial charge in [-0.15, -0.1) is 0 Å². The molecule has 0 fully saturated rings. The molecule has 0 saturated heterocycles. The summed E-state index contributed by atoms with van der Waals surface area (Å²) in [5, 5.41) is 7.35. The van der Waals surface area contributed by atoms with Crippen LogP contribution in [0.4, 0.5) is 22.7 Å². The van der Waals surface area contributed by atoms with E-state index in [4.69, 9.17) is 11.6 Å². The Morgan fingerprint density at radius 3 is 1.53 bits per heavy atom. The molecule has 1 aliphatic carbocycles. The van der Waals surface area contributed by atoms with Crippen LogP contribution in [-0.4, -0.2) is 11.6 Å². The lowest BCUT2D eigenvalue weighted by Gasteiger charge is -2.27. The average molecular weight is 781 g/mol. The number of unbranched alkanes of at least 4 members (excludes halogenated alkanes) is 2. The Hall–Kier alpha value is -4.75. The molecule has 0 amide bonds. The summed E-state index contributed by atoms with van der Waals surface area (Å²) in [5.41, 5.74) is 8.88. The lowest BCUT2D eigenvalue weighted by atomic mass is 9.82. The van der Waals surface area contributed by atoms with Gasteiger partial charge in [0, 0.05) is 36.5 Å². The van der Waals surface area contributed by atoms with Gasteiger partial charge in [-0.3, -0.25) is 9.59 Å². The van der Waals surface area contributed by atoms with Crippen LogP contribution in [0.5, 0.6) is 0 Å². The van der Waals surface area contributed by atoms with Gasteiger partial charge in [0.15, 0.2) is 11.6 Å². The molecule has 0 bridgehead atoms.